The van der Waals surface area contributed by atoms with Crippen LogP contribution in [0.3, 0.4) is 0 Å². The van der Waals surface area contributed by atoms with E-state index in [0.717, 1.165) is 31.2 Å². The number of carbonyl (C=O) groups excluding carboxylic acids is 2. The van der Waals surface area contributed by atoms with E-state index < -0.39 is 6.04 Å². The highest BCUT2D eigenvalue weighted by atomic mass is 35.5. The lowest BCUT2D eigenvalue weighted by Gasteiger charge is -2.32. The Morgan fingerprint density at radius 3 is 2.23 bits per heavy atom. The second-order valence-corrected chi connectivity index (χ2v) is 10.9. The molecule has 2 amide bonds. The van der Waals surface area contributed by atoms with Gasteiger partial charge in [-0.05, 0) is 60.1 Å². The molecule has 0 spiro atoms. The van der Waals surface area contributed by atoms with E-state index >= 15 is 0 Å². The fourth-order valence-electron chi connectivity index (χ4n) is 4.53. The Bertz CT molecular complexity index is 961. The third-order valence-corrected chi connectivity index (χ3v) is 6.94. The van der Waals surface area contributed by atoms with Crippen LogP contribution >= 0.6 is 11.6 Å². The molecule has 1 saturated carbocycles. The predicted octanol–water partition coefficient (Wildman–Crippen LogP) is 6.27. The van der Waals surface area contributed by atoms with Crippen LogP contribution in [0.15, 0.2) is 48.5 Å². The van der Waals surface area contributed by atoms with Crippen molar-refractivity contribution in [2.75, 3.05) is 6.61 Å². The summed E-state index contributed by atoms with van der Waals surface area (Å²) >= 11 is 6.05. The maximum absolute atomic E-state index is 13.4. The third kappa shape index (κ3) is 7.99. The number of nitrogens with one attached hydrogen (secondary N) is 1. The van der Waals surface area contributed by atoms with Crippen molar-refractivity contribution in [3.05, 3.63) is 64.7 Å². The van der Waals surface area contributed by atoms with Gasteiger partial charge in [-0.2, -0.15) is 0 Å². The summed E-state index contributed by atoms with van der Waals surface area (Å²) in [6.07, 6.45) is 6.02. The minimum Gasteiger partial charge on any atom is -0.484 e. The van der Waals surface area contributed by atoms with Gasteiger partial charge in [-0.3, -0.25) is 9.59 Å². The first kappa shape index (κ1) is 27.1. The second-order valence-electron chi connectivity index (χ2n) is 10.5. The molecule has 2 aromatic carbocycles. The average Bonchev–Trinajstić information content (AvgIpc) is 2.84. The fourth-order valence-corrected chi connectivity index (χ4v) is 4.66. The van der Waals surface area contributed by atoms with Crippen molar-refractivity contribution in [1.82, 2.24) is 10.2 Å². The molecule has 5 nitrogen and oxygen atoms in total. The highest BCUT2D eigenvalue weighted by molar-refractivity contribution is 6.30. The highest BCUT2D eigenvalue weighted by Gasteiger charge is 2.30. The summed E-state index contributed by atoms with van der Waals surface area (Å²) in [7, 11) is 0. The largest absolute Gasteiger partial charge is 0.484 e. The summed E-state index contributed by atoms with van der Waals surface area (Å²) in [6.45, 7) is 8.60. The Morgan fingerprint density at radius 2 is 1.66 bits per heavy atom. The number of rotatable bonds is 9. The summed E-state index contributed by atoms with van der Waals surface area (Å²) in [5.74, 6) is 0.333. The smallest absolute Gasteiger partial charge is 0.261 e. The Balaban J connectivity index is 1.73. The minimum absolute atomic E-state index is 0.0454. The van der Waals surface area contributed by atoms with Crippen LogP contribution in [0.4, 0.5) is 0 Å². The van der Waals surface area contributed by atoms with Crippen molar-refractivity contribution in [2.24, 2.45) is 0 Å². The topological polar surface area (TPSA) is 58.6 Å². The Kier molecular flexibility index (Phi) is 9.62. The summed E-state index contributed by atoms with van der Waals surface area (Å²) in [5.41, 5.74) is 2.16. The molecule has 0 bridgehead atoms. The predicted molar refractivity (Wildman–Crippen MR) is 142 cm³/mol. The molecule has 3 rings (SSSR count). The number of hydrogen-bond donors (Lipinski definition) is 1. The molecule has 1 fully saturated rings. The van der Waals surface area contributed by atoms with Crippen molar-refractivity contribution in [3.63, 3.8) is 0 Å². The van der Waals surface area contributed by atoms with Gasteiger partial charge in [0.2, 0.25) is 5.91 Å². The number of ether oxygens (including phenoxy) is 1. The van der Waals surface area contributed by atoms with Crippen LogP contribution in [-0.4, -0.2) is 35.4 Å². The molecule has 35 heavy (non-hydrogen) atoms. The first-order chi connectivity index (χ1) is 16.7. The summed E-state index contributed by atoms with van der Waals surface area (Å²) in [4.78, 5) is 28.3. The number of benzene rings is 2. The molecule has 0 radical (unpaired) electrons. The lowest BCUT2D eigenvalue weighted by atomic mass is 9.87. The van der Waals surface area contributed by atoms with E-state index in [1.807, 2.05) is 43.3 Å². The van der Waals surface area contributed by atoms with Gasteiger partial charge in [-0.15, -0.1) is 0 Å². The molecule has 0 heterocycles. The normalized spacial score (nSPS) is 15.3. The fraction of sp³-hybridized carbons (Fsp3) is 0.517. The van der Waals surface area contributed by atoms with Gasteiger partial charge in [0.1, 0.15) is 11.8 Å². The van der Waals surface area contributed by atoms with E-state index in [1.54, 1.807) is 17.0 Å². The van der Waals surface area contributed by atoms with E-state index in [4.69, 9.17) is 16.3 Å². The first-order valence-electron chi connectivity index (χ1n) is 12.7. The molecule has 0 saturated heterocycles. The van der Waals surface area contributed by atoms with Crippen molar-refractivity contribution in [2.45, 2.75) is 90.3 Å². The zero-order chi connectivity index (χ0) is 25.4. The van der Waals surface area contributed by atoms with Crippen LogP contribution in [0.2, 0.25) is 5.02 Å². The number of nitrogens with zero attached hydrogens (tertiary/aromatic N) is 1. The quantitative estimate of drug-likeness (QED) is 0.443. The molecule has 1 atom stereocenters. The van der Waals surface area contributed by atoms with E-state index in [2.05, 4.69) is 26.1 Å². The Labute approximate surface area is 215 Å². The SMILES string of the molecule is CCC(C(=O)NC1CCCCC1)N(Cc1ccc(Cl)cc1)C(=O)COc1ccc(C(C)(C)C)cc1. The Hall–Kier alpha value is -2.53. The average molecular weight is 499 g/mol. The monoisotopic (exact) mass is 498 g/mol. The molecular formula is C29H39ClN2O3. The number of halogens is 1. The number of amides is 2. The van der Waals surface area contributed by atoms with E-state index in [1.165, 1.54) is 12.0 Å². The zero-order valence-corrected chi connectivity index (χ0v) is 22.2. The van der Waals surface area contributed by atoms with Gasteiger partial charge >= 0.3 is 0 Å². The molecular weight excluding hydrogens is 460 g/mol. The molecule has 2 aromatic rings. The lowest BCUT2D eigenvalue weighted by Crippen LogP contribution is -2.52. The van der Waals surface area contributed by atoms with E-state index in [9.17, 15) is 9.59 Å². The van der Waals surface area contributed by atoms with Crippen LogP contribution in [-0.2, 0) is 21.5 Å². The minimum atomic E-state index is -0.563. The Morgan fingerprint density at radius 1 is 1.03 bits per heavy atom. The number of hydrogen-bond acceptors (Lipinski definition) is 3. The van der Waals surface area contributed by atoms with Gasteiger partial charge in [0.15, 0.2) is 6.61 Å². The van der Waals surface area contributed by atoms with Crippen LogP contribution in [0.5, 0.6) is 5.75 Å². The maximum Gasteiger partial charge on any atom is 0.261 e. The molecule has 1 N–H and O–H groups in total. The first-order valence-corrected chi connectivity index (χ1v) is 13.1. The summed E-state index contributed by atoms with van der Waals surface area (Å²) in [5, 5.41) is 3.83. The van der Waals surface area contributed by atoms with Gasteiger partial charge < -0.3 is 15.0 Å². The van der Waals surface area contributed by atoms with Gasteiger partial charge in [0.05, 0.1) is 0 Å². The molecule has 0 aliphatic heterocycles. The van der Waals surface area contributed by atoms with Crippen LogP contribution in [0, 0.1) is 0 Å². The van der Waals surface area contributed by atoms with Gasteiger partial charge in [-0.1, -0.05) is 82.8 Å². The van der Waals surface area contributed by atoms with E-state index in [-0.39, 0.29) is 29.9 Å². The van der Waals surface area contributed by atoms with Crippen molar-refractivity contribution < 1.29 is 14.3 Å². The lowest BCUT2D eigenvalue weighted by molar-refractivity contribution is -0.143. The summed E-state index contributed by atoms with van der Waals surface area (Å²) in [6, 6.07) is 14.8. The van der Waals surface area contributed by atoms with Crippen LogP contribution in [0.1, 0.15) is 77.3 Å². The molecule has 0 aromatic heterocycles. The van der Waals surface area contributed by atoms with E-state index in [0.29, 0.717) is 23.7 Å². The van der Waals surface area contributed by atoms with Crippen molar-refractivity contribution in [3.8, 4) is 5.75 Å². The zero-order valence-electron chi connectivity index (χ0n) is 21.5. The third-order valence-electron chi connectivity index (χ3n) is 6.69. The van der Waals surface area contributed by atoms with Gasteiger partial charge in [0, 0.05) is 17.6 Å². The molecule has 1 unspecified atom stereocenters. The molecule has 1 aliphatic rings. The summed E-state index contributed by atoms with van der Waals surface area (Å²) < 4.78 is 5.85. The molecule has 190 valence electrons. The molecule has 1 aliphatic carbocycles. The standard InChI is InChI=1S/C29H39ClN2O3/c1-5-26(28(34)31-24-9-7-6-8-10-24)32(19-21-11-15-23(30)16-12-21)27(33)20-35-25-17-13-22(14-18-25)29(2,3)4/h11-18,24,26H,5-10,19-20H2,1-4H3,(H,31,34). The van der Waals surface area contributed by atoms with Gasteiger partial charge in [-0.25, -0.2) is 0 Å². The number of carbonyl (C=O) groups is 2. The maximum atomic E-state index is 13.4. The van der Waals surface area contributed by atoms with Gasteiger partial charge in [0.25, 0.3) is 5.91 Å². The highest BCUT2D eigenvalue weighted by Crippen LogP contribution is 2.25. The van der Waals surface area contributed by atoms with Crippen molar-refractivity contribution in [1.29, 1.82) is 0 Å². The second kappa shape index (κ2) is 12.4. The van der Waals surface area contributed by atoms with Crippen LogP contribution in [0.25, 0.3) is 0 Å². The van der Waals surface area contributed by atoms with Crippen LogP contribution < -0.4 is 10.1 Å². The van der Waals surface area contributed by atoms with Crippen molar-refractivity contribution >= 4 is 23.4 Å². The molecule has 6 heteroatoms.